The molecule has 1 rings (SSSR count). The second-order valence-electron chi connectivity index (χ2n) is 4.21. The molecular formula is C12H20N2O3S. The maximum absolute atomic E-state index is 12.4. The SMILES string of the molecule is CNCc1cc(N)ccc1S(=O)(=O)[C@@H](C)COC. The van der Waals surface area contributed by atoms with E-state index in [1.54, 1.807) is 32.2 Å². The van der Waals surface area contributed by atoms with Crippen molar-refractivity contribution in [3.05, 3.63) is 23.8 Å². The van der Waals surface area contributed by atoms with Crippen molar-refractivity contribution in [3.8, 4) is 0 Å². The smallest absolute Gasteiger partial charge is 0.183 e. The summed E-state index contributed by atoms with van der Waals surface area (Å²) in [5.74, 6) is 0. The van der Waals surface area contributed by atoms with E-state index < -0.39 is 15.1 Å². The normalized spacial score (nSPS) is 13.5. The Hall–Kier alpha value is -1.11. The number of benzene rings is 1. The highest BCUT2D eigenvalue weighted by Gasteiger charge is 2.25. The van der Waals surface area contributed by atoms with Gasteiger partial charge in [-0.15, -0.1) is 0 Å². The molecule has 5 nitrogen and oxygen atoms in total. The fourth-order valence-electron chi connectivity index (χ4n) is 1.75. The fraction of sp³-hybridized carbons (Fsp3) is 0.500. The number of hydrogen-bond acceptors (Lipinski definition) is 5. The molecule has 0 aromatic heterocycles. The van der Waals surface area contributed by atoms with Crippen LogP contribution >= 0.6 is 0 Å². The van der Waals surface area contributed by atoms with Gasteiger partial charge in [-0.1, -0.05) is 0 Å². The third-order valence-corrected chi connectivity index (χ3v) is 4.90. The maximum atomic E-state index is 12.4. The number of ether oxygens (including phenoxy) is 1. The molecule has 0 amide bonds. The number of rotatable bonds is 6. The van der Waals surface area contributed by atoms with Crippen molar-refractivity contribution in [2.75, 3.05) is 26.5 Å². The second-order valence-corrected chi connectivity index (χ2v) is 6.54. The molecule has 0 heterocycles. The van der Waals surface area contributed by atoms with Gasteiger partial charge in [0.2, 0.25) is 0 Å². The van der Waals surface area contributed by atoms with Crippen LogP contribution in [0.3, 0.4) is 0 Å². The molecular weight excluding hydrogens is 252 g/mol. The van der Waals surface area contributed by atoms with Gasteiger partial charge in [-0.05, 0) is 37.7 Å². The van der Waals surface area contributed by atoms with E-state index in [0.717, 1.165) is 0 Å². The highest BCUT2D eigenvalue weighted by atomic mass is 32.2. The van der Waals surface area contributed by atoms with Crippen LogP contribution in [0.25, 0.3) is 0 Å². The zero-order valence-corrected chi connectivity index (χ0v) is 11.8. The van der Waals surface area contributed by atoms with Crippen LogP contribution in [0.4, 0.5) is 5.69 Å². The summed E-state index contributed by atoms with van der Waals surface area (Å²) in [5, 5.41) is 2.36. The van der Waals surface area contributed by atoms with E-state index in [-0.39, 0.29) is 6.61 Å². The van der Waals surface area contributed by atoms with Crippen LogP contribution in [0.1, 0.15) is 12.5 Å². The van der Waals surface area contributed by atoms with Crippen LogP contribution in [0, 0.1) is 0 Å². The molecule has 3 N–H and O–H groups in total. The van der Waals surface area contributed by atoms with Crippen LogP contribution in [-0.4, -0.2) is 34.4 Å². The lowest BCUT2D eigenvalue weighted by atomic mass is 10.2. The predicted molar refractivity (Wildman–Crippen MR) is 72.1 cm³/mol. The Kier molecular flexibility index (Phi) is 5.13. The molecule has 1 aromatic carbocycles. The van der Waals surface area contributed by atoms with Gasteiger partial charge >= 0.3 is 0 Å². The zero-order valence-electron chi connectivity index (χ0n) is 10.9. The highest BCUT2D eigenvalue weighted by molar-refractivity contribution is 7.92. The fourth-order valence-corrected chi connectivity index (χ4v) is 3.25. The number of nitrogens with one attached hydrogen (secondary N) is 1. The lowest BCUT2D eigenvalue weighted by Gasteiger charge is -2.15. The van der Waals surface area contributed by atoms with Crippen LogP contribution in [-0.2, 0) is 21.1 Å². The van der Waals surface area contributed by atoms with E-state index >= 15 is 0 Å². The predicted octanol–water partition coefficient (Wildman–Crippen LogP) is 0.797. The van der Waals surface area contributed by atoms with E-state index in [4.69, 9.17) is 10.5 Å². The van der Waals surface area contributed by atoms with Gasteiger partial charge in [0.1, 0.15) is 0 Å². The summed E-state index contributed by atoms with van der Waals surface area (Å²) in [7, 11) is -0.140. The lowest BCUT2D eigenvalue weighted by Crippen LogP contribution is -2.24. The van der Waals surface area contributed by atoms with Crippen molar-refractivity contribution in [2.24, 2.45) is 0 Å². The summed E-state index contributed by atoms with van der Waals surface area (Å²) in [6, 6.07) is 4.85. The molecule has 0 spiro atoms. The first kappa shape index (κ1) is 14.9. The lowest BCUT2D eigenvalue weighted by molar-refractivity contribution is 0.200. The van der Waals surface area contributed by atoms with E-state index in [9.17, 15) is 8.42 Å². The Bertz CT molecular complexity index is 500. The van der Waals surface area contributed by atoms with E-state index in [0.29, 0.717) is 22.7 Å². The summed E-state index contributed by atoms with van der Waals surface area (Å²) >= 11 is 0. The summed E-state index contributed by atoms with van der Waals surface area (Å²) in [6.07, 6.45) is 0. The molecule has 0 fully saturated rings. The molecule has 6 heteroatoms. The molecule has 0 bridgehead atoms. The second kappa shape index (κ2) is 6.17. The highest BCUT2D eigenvalue weighted by Crippen LogP contribution is 2.23. The molecule has 0 aliphatic rings. The van der Waals surface area contributed by atoms with Crippen molar-refractivity contribution in [1.82, 2.24) is 5.32 Å². The Morgan fingerprint density at radius 1 is 1.44 bits per heavy atom. The van der Waals surface area contributed by atoms with Crippen molar-refractivity contribution in [2.45, 2.75) is 23.6 Å². The van der Waals surface area contributed by atoms with Gasteiger partial charge in [0.05, 0.1) is 16.8 Å². The third-order valence-electron chi connectivity index (χ3n) is 2.69. The molecule has 0 saturated heterocycles. The van der Waals surface area contributed by atoms with Gasteiger partial charge in [-0.25, -0.2) is 8.42 Å². The Balaban J connectivity index is 3.23. The molecule has 0 unspecified atom stereocenters. The van der Waals surface area contributed by atoms with Gasteiger partial charge in [0.15, 0.2) is 9.84 Å². The molecule has 18 heavy (non-hydrogen) atoms. The Morgan fingerprint density at radius 2 is 2.11 bits per heavy atom. The van der Waals surface area contributed by atoms with Crippen LogP contribution in [0.15, 0.2) is 23.1 Å². The summed E-state index contributed by atoms with van der Waals surface area (Å²) in [5.41, 5.74) is 6.92. The van der Waals surface area contributed by atoms with Crippen LogP contribution in [0.2, 0.25) is 0 Å². The molecule has 0 aliphatic heterocycles. The molecule has 1 atom stereocenters. The minimum absolute atomic E-state index is 0.172. The monoisotopic (exact) mass is 272 g/mol. The first-order valence-electron chi connectivity index (χ1n) is 5.69. The first-order valence-corrected chi connectivity index (χ1v) is 7.24. The number of hydrogen-bond donors (Lipinski definition) is 2. The average molecular weight is 272 g/mol. The van der Waals surface area contributed by atoms with Gasteiger partial charge in [0, 0.05) is 19.3 Å². The van der Waals surface area contributed by atoms with Crippen LogP contribution in [0.5, 0.6) is 0 Å². The standard InChI is InChI=1S/C12H20N2O3S/c1-9(8-17-3)18(15,16)12-5-4-11(13)6-10(12)7-14-2/h4-6,9,14H,7-8,13H2,1-3H3/t9-/m0/s1. The number of nitrogen functional groups attached to an aromatic ring is 1. The van der Waals surface area contributed by atoms with Gasteiger partial charge < -0.3 is 15.8 Å². The number of anilines is 1. The minimum atomic E-state index is -3.39. The van der Waals surface area contributed by atoms with Crippen molar-refractivity contribution in [1.29, 1.82) is 0 Å². The topological polar surface area (TPSA) is 81.4 Å². The van der Waals surface area contributed by atoms with Crippen molar-refractivity contribution >= 4 is 15.5 Å². The molecule has 102 valence electrons. The summed E-state index contributed by atoms with van der Waals surface area (Å²) in [6.45, 7) is 2.27. The summed E-state index contributed by atoms with van der Waals surface area (Å²) in [4.78, 5) is 0.315. The van der Waals surface area contributed by atoms with Gasteiger partial charge in [-0.3, -0.25) is 0 Å². The number of sulfone groups is 1. The molecule has 0 aliphatic carbocycles. The van der Waals surface area contributed by atoms with Crippen LogP contribution < -0.4 is 11.1 Å². The van der Waals surface area contributed by atoms with E-state index in [2.05, 4.69) is 5.32 Å². The quantitative estimate of drug-likeness (QED) is 0.749. The van der Waals surface area contributed by atoms with Crippen molar-refractivity contribution in [3.63, 3.8) is 0 Å². The Labute approximate surface area is 108 Å². The third kappa shape index (κ3) is 3.22. The molecule has 0 radical (unpaired) electrons. The number of methoxy groups -OCH3 is 1. The first-order chi connectivity index (χ1) is 8.43. The van der Waals surface area contributed by atoms with Gasteiger partial charge in [-0.2, -0.15) is 0 Å². The largest absolute Gasteiger partial charge is 0.399 e. The van der Waals surface area contributed by atoms with E-state index in [1.807, 2.05) is 0 Å². The summed E-state index contributed by atoms with van der Waals surface area (Å²) < 4.78 is 29.7. The number of nitrogens with two attached hydrogens (primary N) is 1. The van der Waals surface area contributed by atoms with Gasteiger partial charge in [0.25, 0.3) is 0 Å². The Morgan fingerprint density at radius 3 is 2.67 bits per heavy atom. The molecule has 1 aromatic rings. The maximum Gasteiger partial charge on any atom is 0.183 e. The van der Waals surface area contributed by atoms with Crippen molar-refractivity contribution < 1.29 is 13.2 Å². The minimum Gasteiger partial charge on any atom is -0.399 e. The molecule has 0 saturated carbocycles. The zero-order chi connectivity index (χ0) is 13.8. The average Bonchev–Trinajstić information content (AvgIpc) is 2.29. The van der Waals surface area contributed by atoms with E-state index in [1.165, 1.54) is 7.11 Å².